The number of aliphatic carboxylic acids is 1. The van der Waals surface area contributed by atoms with E-state index in [0.717, 1.165) is 18.9 Å². The van der Waals surface area contributed by atoms with Crippen molar-refractivity contribution < 1.29 is 14.6 Å². The second kappa shape index (κ2) is 4.94. The highest BCUT2D eigenvalue weighted by Crippen LogP contribution is 2.32. The Morgan fingerprint density at radius 2 is 2.27 bits per heavy atom. The van der Waals surface area contributed by atoms with Crippen molar-refractivity contribution in [3.63, 3.8) is 0 Å². The second-order valence-corrected chi connectivity index (χ2v) is 4.84. The van der Waals surface area contributed by atoms with Crippen molar-refractivity contribution in [2.24, 2.45) is 11.7 Å². The molecule has 3 N–H and O–H groups in total. The maximum Gasteiger partial charge on any atom is 0.323 e. The van der Waals surface area contributed by atoms with E-state index in [2.05, 4.69) is 0 Å². The van der Waals surface area contributed by atoms with Crippen LogP contribution in [0, 0.1) is 5.92 Å². The highest BCUT2D eigenvalue weighted by atomic mass is 16.5. The van der Waals surface area contributed by atoms with E-state index >= 15 is 0 Å². The molecule has 0 heterocycles. The standard InChI is InChI=1S/C11H21NO3/c1-8(7-11(2,12)10(13)14)15-6-5-9-3-4-9/h8-9H,3-7,12H2,1-2H3,(H,13,14). The van der Waals surface area contributed by atoms with Crippen molar-refractivity contribution in [2.45, 2.75) is 51.2 Å². The predicted molar refractivity (Wildman–Crippen MR) is 57.6 cm³/mol. The number of carboxylic acid groups (broad SMARTS) is 1. The molecule has 1 saturated carbocycles. The highest BCUT2D eigenvalue weighted by Gasteiger charge is 2.30. The molecule has 0 saturated heterocycles. The van der Waals surface area contributed by atoms with Gasteiger partial charge in [0.25, 0.3) is 0 Å². The number of hydrogen-bond acceptors (Lipinski definition) is 3. The van der Waals surface area contributed by atoms with Gasteiger partial charge in [0.2, 0.25) is 0 Å². The van der Waals surface area contributed by atoms with Gasteiger partial charge in [-0.1, -0.05) is 12.8 Å². The molecule has 0 aliphatic heterocycles. The van der Waals surface area contributed by atoms with E-state index in [4.69, 9.17) is 15.6 Å². The third kappa shape index (κ3) is 4.62. The van der Waals surface area contributed by atoms with Gasteiger partial charge in [-0.05, 0) is 26.2 Å². The number of hydrogen-bond donors (Lipinski definition) is 2. The summed E-state index contributed by atoms with van der Waals surface area (Å²) in [4.78, 5) is 10.8. The van der Waals surface area contributed by atoms with Crippen LogP contribution in [0.2, 0.25) is 0 Å². The molecule has 15 heavy (non-hydrogen) atoms. The lowest BCUT2D eigenvalue weighted by Crippen LogP contribution is -2.47. The lowest BCUT2D eigenvalue weighted by Gasteiger charge is -2.23. The molecular formula is C11H21NO3. The number of carboxylic acids is 1. The molecule has 0 amide bonds. The Bertz CT molecular complexity index is 224. The number of ether oxygens (including phenoxy) is 1. The molecule has 0 aromatic rings. The summed E-state index contributed by atoms with van der Waals surface area (Å²) in [5.74, 6) is -0.124. The minimum absolute atomic E-state index is 0.0881. The van der Waals surface area contributed by atoms with Gasteiger partial charge in [0, 0.05) is 13.0 Å². The minimum Gasteiger partial charge on any atom is -0.480 e. The molecule has 0 aromatic heterocycles. The Balaban J connectivity index is 2.15. The van der Waals surface area contributed by atoms with Crippen LogP contribution >= 0.6 is 0 Å². The van der Waals surface area contributed by atoms with Gasteiger partial charge in [0.05, 0.1) is 6.10 Å². The van der Waals surface area contributed by atoms with E-state index < -0.39 is 11.5 Å². The minimum atomic E-state index is -1.18. The zero-order chi connectivity index (χ0) is 11.5. The molecular weight excluding hydrogens is 194 g/mol. The SMILES string of the molecule is CC(CC(C)(N)C(=O)O)OCCC1CC1. The topological polar surface area (TPSA) is 72.6 Å². The molecule has 0 spiro atoms. The second-order valence-electron chi connectivity index (χ2n) is 4.84. The van der Waals surface area contributed by atoms with E-state index in [-0.39, 0.29) is 6.10 Å². The number of carbonyl (C=O) groups is 1. The quantitative estimate of drug-likeness (QED) is 0.673. The van der Waals surface area contributed by atoms with E-state index in [1.165, 1.54) is 19.8 Å². The summed E-state index contributed by atoms with van der Waals surface area (Å²) in [6.07, 6.45) is 4.00. The molecule has 1 rings (SSSR count). The fraction of sp³-hybridized carbons (Fsp3) is 0.909. The third-order valence-electron chi connectivity index (χ3n) is 2.83. The first-order valence-electron chi connectivity index (χ1n) is 5.55. The van der Waals surface area contributed by atoms with Crippen LogP contribution in [-0.4, -0.2) is 29.3 Å². The predicted octanol–water partition coefficient (Wildman–Crippen LogP) is 1.38. The van der Waals surface area contributed by atoms with Crippen molar-refractivity contribution in [3.05, 3.63) is 0 Å². The van der Waals surface area contributed by atoms with E-state index in [0.29, 0.717) is 6.42 Å². The molecule has 1 aliphatic carbocycles. The van der Waals surface area contributed by atoms with Crippen LogP contribution < -0.4 is 5.73 Å². The van der Waals surface area contributed by atoms with E-state index in [9.17, 15) is 4.79 Å². The number of rotatable bonds is 7. The first-order chi connectivity index (χ1) is 6.92. The van der Waals surface area contributed by atoms with Crippen molar-refractivity contribution in [3.8, 4) is 0 Å². The normalized spacial score (nSPS) is 22.1. The largest absolute Gasteiger partial charge is 0.480 e. The van der Waals surface area contributed by atoms with Gasteiger partial charge in [0.15, 0.2) is 0 Å². The summed E-state index contributed by atoms with van der Waals surface area (Å²) < 4.78 is 5.54. The monoisotopic (exact) mass is 215 g/mol. The van der Waals surface area contributed by atoms with Crippen molar-refractivity contribution in [1.29, 1.82) is 0 Å². The summed E-state index contributed by atoms with van der Waals surface area (Å²) >= 11 is 0. The van der Waals surface area contributed by atoms with Gasteiger partial charge in [-0.15, -0.1) is 0 Å². The van der Waals surface area contributed by atoms with Gasteiger partial charge in [-0.25, -0.2) is 0 Å². The Labute approximate surface area is 90.8 Å². The fourth-order valence-electron chi connectivity index (χ4n) is 1.59. The van der Waals surface area contributed by atoms with Crippen LogP contribution in [0.5, 0.6) is 0 Å². The zero-order valence-corrected chi connectivity index (χ0v) is 9.53. The van der Waals surface area contributed by atoms with Crippen molar-refractivity contribution in [2.75, 3.05) is 6.61 Å². The van der Waals surface area contributed by atoms with Crippen LogP contribution in [0.3, 0.4) is 0 Å². The van der Waals surface area contributed by atoms with Crippen molar-refractivity contribution in [1.82, 2.24) is 0 Å². The summed E-state index contributed by atoms with van der Waals surface area (Å²) in [6.45, 7) is 4.12. The molecule has 0 radical (unpaired) electrons. The van der Waals surface area contributed by atoms with Crippen molar-refractivity contribution >= 4 is 5.97 Å². The first-order valence-corrected chi connectivity index (χ1v) is 5.55. The Hall–Kier alpha value is -0.610. The maximum atomic E-state index is 10.8. The molecule has 2 unspecified atom stereocenters. The van der Waals surface area contributed by atoms with Crippen LogP contribution in [-0.2, 0) is 9.53 Å². The summed E-state index contributed by atoms with van der Waals surface area (Å²) in [5.41, 5.74) is 4.44. The smallest absolute Gasteiger partial charge is 0.323 e. The van der Waals surface area contributed by atoms with Crippen LogP contribution in [0.1, 0.15) is 39.5 Å². The lowest BCUT2D eigenvalue weighted by molar-refractivity contribution is -0.144. The fourth-order valence-corrected chi connectivity index (χ4v) is 1.59. The molecule has 4 nitrogen and oxygen atoms in total. The van der Waals surface area contributed by atoms with Gasteiger partial charge >= 0.3 is 5.97 Å². The molecule has 4 heteroatoms. The highest BCUT2D eigenvalue weighted by molar-refractivity contribution is 5.77. The van der Waals surface area contributed by atoms with Crippen LogP contribution in [0.15, 0.2) is 0 Å². The summed E-state index contributed by atoms with van der Waals surface area (Å²) in [5, 5.41) is 8.83. The third-order valence-corrected chi connectivity index (χ3v) is 2.83. The molecule has 0 bridgehead atoms. The van der Waals surface area contributed by atoms with Crippen LogP contribution in [0.4, 0.5) is 0 Å². The molecule has 1 fully saturated rings. The van der Waals surface area contributed by atoms with Crippen LogP contribution in [0.25, 0.3) is 0 Å². The van der Waals surface area contributed by atoms with Gasteiger partial charge in [0.1, 0.15) is 5.54 Å². The molecule has 2 atom stereocenters. The summed E-state index contributed by atoms with van der Waals surface area (Å²) in [6, 6.07) is 0. The first kappa shape index (κ1) is 12.5. The molecule has 1 aliphatic rings. The molecule has 0 aromatic carbocycles. The molecule has 88 valence electrons. The van der Waals surface area contributed by atoms with E-state index in [1.807, 2.05) is 6.92 Å². The van der Waals surface area contributed by atoms with Gasteiger partial charge < -0.3 is 15.6 Å². The Morgan fingerprint density at radius 1 is 1.67 bits per heavy atom. The van der Waals surface area contributed by atoms with E-state index in [1.54, 1.807) is 0 Å². The average Bonchev–Trinajstić information content (AvgIpc) is 2.86. The summed E-state index contributed by atoms with van der Waals surface area (Å²) in [7, 11) is 0. The average molecular weight is 215 g/mol. The Morgan fingerprint density at radius 3 is 2.73 bits per heavy atom. The Kier molecular flexibility index (Phi) is 4.11. The zero-order valence-electron chi connectivity index (χ0n) is 9.53. The van der Waals surface area contributed by atoms with Gasteiger partial charge in [-0.2, -0.15) is 0 Å². The van der Waals surface area contributed by atoms with Gasteiger partial charge in [-0.3, -0.25) is 4.79 Å². The number of nitrogens with two attached hydrogens (primary N) is 1. The lowest BCUT2D eigenvalue weighted by atomic mass is 9.96. The maximum absolute atomic E-state index is 10.8.